The maximum atomic E-state index is 13.2. The summed E-state index contributed by atoms with van der Waals surface area (Å²) >= 11 is 0. The SMILES string of the molecule is C[C@H]1COc2cc(C(=O)NO)ccc2CN1C(=O)C1CCOC(C)(C)C1. The van der Waals surface area contributed by atoms with Crippen molar-refractivity contribution in [1.29, 1.82) is 0 Å². The van der Waals surface area contributed by atoms with Crippen LogP contribution in [0, 0.1) is 5.92 Å². The Labute approximate surface area is 153 Å². The summed E-state index contributed by atoms with van der Waals surface area (Å²) < 4.78 is 11.6. The van der Waals surface area contributed by atoms with E-state index in [1.807, 2.05) is 25.7 Å². The quantitative estimate of drug-likeness (QED) is 0.621. The highest BCUT2D eigenvalue weighted by atomic mass is 16.5. The monoisotopic (exact) mass is 362 g/mol. The zero-order valence-corrected chi connectivity index (χ0v) is 15.4. The Bertz CT molecular complexity index is 703. The summed E-state index contributed by atoms with van der Waals surface area (Å²) in [6, 6.07) is 4.91. The second-order valence-electron chi connectivity index (χ2n) is 7.69. The molecule has 0 radical (unpaired) electrons. The van der Waals surface area contributed by atoms with Crippen molar-refractivity contribution in [2.24, 2.45) is 5.92 Å². The van der Waals surface area contributed by atoms with E-state index in [1.165, 1.54) is 0 Å². The van der Waals surface area contributed by atoms with E-state index in [9.17, 15) is 9.59 Å². The van der Waals surface area contributed by atoms with Gasteiger partial charge in [-0.2, -0.15) is 0 Å². The molecule has 2 aliphatic heterocycles. The number of hydrogen-bond donors (Lipinski definition) is 2. The first-order valence-corrected chi connectivity index (χ1v) is 8.95. The third-order valence-electron chi connectivity index (χ3n) is 5.11. The molecule has 2 aliphatic rings. The minimum absolute atomic E-state index is 0.0535. The Balaban J connectivity index is 1.81. The van der Waals surface area contributed by atoms with Crippen molar-refractivity contribution >= 4 is 11.8 Å². The minimum atomic E-state index is -0.592. The molecule has 1 fully saturated rings. The second-order valence-corrected chi connectivity index (χ2v) is 7.69. The Morgan fingerprint density at radius 3 is 2.81 bits per heavy atom. The first-order valence-electron chi connectivity index (χ1n) is 8.95. The van der Waals surface area contributed by atoms with Gasteiger partial charge in [0.2, 0.25) is 5.91 Å². The highest BCUT2D eigenvalue weighted by molar-refractivity contribution is 5.93. The number of hydroxylamine groups is 1. The average molecular weight is 362 g/mol. The van der Waals surface area contributed by atoms with E-state index in [4.69, 9.17) is 14.7 Å². The lowest BCUT2D eigenvalue weighted by molar-refractivity contribution is -0.148. The molecule has 142 valence electrons. The van der Waals surface area contributed by atoms with Gasteiger partial charge in [-0.25, -0.2) is 5.48 Å². The lowest BCUT2D eigenvalue weighted by Gasteiger charge is -2.38. The number of rotatable bonds is 2. The summed E-state index contributed by atoms with van der Waals surface area (Å²) in [6.45, 7) is 7.40. The largest absolute Gasteiger partial charge is 0.491 e. The molecule has 2 amide bonds. The lowest BCUT2D eigenvalue weighted by Crippen LogP contribution is -2.47. The molecule has 1 aromatic carbocycles. The van der Waals surface area contributed by atoms with Crippen LogP contribution >= 0.6 is 0 Å². The molecule has 2 N–H and O–H groups in total. The zero-order valence-electron chi connectivity index (χ0n) is 15.4. The predicted molar refractivity (Wildman–Crippen MR) is 94.0 cm³/mol. The molecule has 3 rings (SSSR count). The van der Waals surface area contributed by atoms with Crippen LogP contribution in [0.2, 0.25) is 0 Å². The van der Waals surface area contributed by atoms with Crippen molar-refractivity contribution in [1.82, 2.24) is 10.4 Å². The van der Waals surface area contributed by atoms with Crippen molar-refractivity contribution < 1.29 is 24.3 Å². The summed E-state index contributed by atoms with van der Waals surface area (Å²) in [7, 11) is 0. The van der Waals surface area contributed by atoms with Crippen molar-refractivity contribution in [3.63, 3.8) is 0 Å². The van der Waals surface area contributed by atoms with Gasteiger partial charge in [-0.3, -0.25) is 14.8 Å². The molecule has 0 bridgehead atoms. The molecule has 7 nitrogen and oxygen atoms in total. The molecule has 2 heterocycles. The van der Waals surface area contributed by atoms with Gasteiger partial charge >= 0.3 is 0 Å². The van der Waals surface area contributed by atoms with E-state index in [0.717, 1.165) is 12.0 Å². The van der Waals surface area contributed by atoms with E-state index in [2.05, 4.69) is 0 Å². The number of benzene rings is 1. The number of amides is 2. The van der Waals surface area contributed by atoms with Crippen LogP contribution in [0.3, 0.4) is 0 Å². The van der Waals surface area contributed by atoms with Gasteiger partial charge in [-0.15, -0.1) is 0 Å². The molecule has 0 aliphatic carbocycles. The number of nitrogens with zero attached hydrogens (tertiary/aromatic N) is 1. The van der Waals surface area contributed by atoms with Gasteiger partial charge in [-0.05, 0) is 45.7 Å². The van der Waals surface area contributed by atoms with Gasteiger partial charge in [0.1, 0.15) is 12.4 Å². The Kier molecular flexibility index (Phi) is 5.20. The molecule has 0 aromatic heterocycles. The molecule has 2 atom stereocenters. The number of carbonyl (C=O) groups is 2. The standard InChI is InChI=1S/C19H26N2O5/c1-12-11-25-16-8-13(17(22)20-24)4-5-15(16)10-21(12)18(23)14-6-7-26-19(2,3)9-14/h4-5,8,12,14,24H,6-7,9-11H2,1-3H3,(H,20,22)/t12-,14?/m0/s1. The molecular formula is C19H26N2O5. The number of carbonyl (C=O) groups excluding carboxylic acids is 2. The summed E-state index contributed by atoms with van der Waals surface area (Å²) in [5, 5.41) is 8.79. The fourth-order valence-electron chi connectivity index (χ4n) is 3.64. The van der Waals surface area contributed by atoms with Crippen LogP contribution in [0.4, 0.5) is 0 Å². The smallest absolute Gasteiger partial charge is 0.274 e. The van der Waals surface area contributed by atoms with E-state index in [-0.39, 0.29) is 23.5 Å². The molecule has 0 saturated carbocycles. The summed E-state index contributed by atoms with van der Waals surface area (Å²) in [5.74, 6) is 0.0521. The maximum Gasteiger partial charge on any atom is 0.274 e. The Morgan fingerprint density at radius 1 is 1.35 bits per heavy atom. The fraction of sp³-hybridized carbons (Fsp3) is 0.579. The molecule has 7 heteroatoms. The molecule has 1 aromatic rings. The maximum absolute atomic E-state index is 13.2. The molecule has 1 unspecified atom stereocenters. The van der Waals surface area contributed by atoms with E-state index in [0.29, 0.717) is 37.5 Å². The van der Waals surface area contributed by atoms with Crippen molar-refractivity contribution in [2.45, 2.75) is 51.8 Å². The highest BCUT2D eigenvalue weighted by Gasteiger charge is 2.37. The normalized spacial score (nSPS) is 24.8. The Morgan fingerprint density at radius 2 is 2.12 bits per heavy atom. The first-order chi connectivity index (χ1) is 12.3. The van der Waals surface area contributed by atoms with Crippen molar-refractivity contribution in [3.8, 4) is 5.75 Å². The van der Waals surface area contributed by atoms with E-state index in [1.54, 1.807) is 23.7 Å². The van der Waals surface area contributed by atoms with Gasteiger partial charge in [-0.1, -0.05) is 6.07 Å². The van der Waals surface area contributed by atoms with Crippen LogP contribution in [0.5, 0.6) is 5.75 Å². The van der Waals surface area contributed by atoms with Gasteiger partial charge in [0.15, 0.2) is 0 Å². The van der Waals surface area contributed by atoms with E-state index < -0.39 is 5.91 Å². The zero-order chi connectivity index (χ0) is 18.9. The van der Waals surface area contributed by atoms with Crippen LogP contribution in [-0.4, -0.2) is 46.8 Å². The number of ether oxygens (including phenoxy) is 2. The highest BCUT2D eigenvalue weighted by Crippen LogP contribution is 2.33. The van der Waals surface area contributed by atoms with Gasteiger partial charge in [0.05, 0.1) is 11.6 Å². The topological polar surface area (TPSA) is 88.1 Å². The lowest BCUT2D eigenvalue weighted by atomic mass is 9.87. The van der Waals surface area contributed by atoms with Crippen LogP contribution in [-0.2, 0) is 16.1 Å². The summed E-state index contributed by atoms with van der Waals surface area (Å²) in [5.41, 5.74) is 2.50. The Hall–Kier alpha value is -2.12. The molecule has 26 heavy (non-hydrogen) atoms. The molecular weight excluding hydrogens is 336 g/mol. The van der Waals surface area contributed by atoms with Crippen LogP contribution in [0.25, 0.3) is 0 Å². The van der Waals surface area contributed by atoms with Gasteiger partial charge in [0.25, 0.3) is 5.91 Å². The number of nitrogens with one attached hydrogen (secondary N) is 1. The van der Waals surface area contributed by atoms with Crippen LogP contribution in [0.15, 0.2) is 18.2 Å². The number of fused-ring (bicyclic) bond motifs is 1. The van der Waals surface area contributed by atoms with E-state index >= 15 is 0 Å². The second kappa shape index (κ2) is 7.25. The van der Waals surface area contributed by atoms with Crippen molar-refractivity contribution in [2.75, 3.05) is 13.2 Å². The molecule has 1 saturated heterocycles. The van der Waals surface area contributed by atoms with Crippen LogP contribution < -0.4 is 10.2 Å². The minimum Gasteiger partial charge on any atom is -0.491 e. The summed E-state index contributed by atoms with van der Waals surface area (Å²) in [4.78, 5) is 26.6. The molecule has 0 spiro atoms. The predicted octanol–water partition coefficient (Wildman–Crippen LogP) is 2.12. The first kappa shape index (κ1) is 18.7. The van der Waals surface area contributed by atoms with Gasteiger partial charge in [0, 0.05) is 30.2 Å². The fourth-order valence-corrected chi connectivity index (χ4v) is 3.64. The third-order valence-corrected chi connectivity index (χ3v) is 5.11. The average Bonchev–Trinajstić information content (AvgIpc) is 2.78. The van der Waals surface area contributed by atoms with Gasteiger partial charge < -0.3 is 14.4 Å². The third kappa shape index (κ3) is 3.83. The van der Waals surface area contributed by atoms with Crippen LogP contribution in [0.1, 0.15) is 49.5 Å². The number of hydrogen-bond acceptors (Lipinski definition) is 5. The summed E-state index contributed by atoms with van der Waals surface area (Å²) in [6.07, 6.45) is 1.44. The van der Waals surface area contributed by atoms with Crippen molar-refractivity contribution in [3.05, 3.63) is 29.3 Å².